The highest BCUT2D eigenvalue weighted by molar-refractivity contribution is 5.95. The van der Waals surface area contributed by atoms with E-state index < -0.39 is 0 Å². The highest BCUT2D eigenvalue weighted by Gasteiger charge is 2.25. The number of carbonyl (C=O) groups is 1. The third kappa shape index (κ3) is 2.44. The van der Waals surface area contributed by atoms with Crippen molar-refractivity contribution in [3.05, 3.63) is 53.1 Å². The van der Waals surface area contributed by atoms with Crippen LogP contribution in [0.25, 0.3) is 0 Å². The number of anilines is 1. The number of amides is 1. The van der Waals surface area contributed by atoms with Gasteiger partial charge in [-0.15, -0.1) is 0 Å². The predicted octanol–water partition coefficient (Wildman–Crippen LogP) is 3.11. The molecular formula is C19H19NO3. The van der Waals surface area contributed by atoms with Crippen LogP contribution >= 0.6 is 0 Å². The SMILES string of the molecule is COc1cccc2c1OCC(=O)N(c1ccc3c(c1)CCC3)C2. The monoisotopic (exact) mass is 309 g/mol. The molecule has 1 amide bonds. The number of para-hydroxylation sites is 1. The number of methoxy groups -OCH3 is 1. The number of ether oxygens (including phenoxy) is 2. The van der Waals surface area contributed by atoms with E-state index in [1.807, 2.05) is 29.2 Å². The van der Waals surface area contributed by atoms with E-state index in [1.165, 1.54) is 17.5 Å². The summed E-state index contributed by atoms with van der Waals surface area (Å²) in [6.07, 6.45) is 3.45. The average Bonchev–Trinajstić information content (AvgIpc) is 2.98. The van der Waals surface area contributed by atoms with Crippen LogP contribution in [0.5, 0.6) is 11.5 Å². The molecule has 0 saturated heterocycles. The van der Waals surface area contributed by atoms with E-state index in [4.69, 9.17) is 9.47 Å². The first-order valence-corrected chi connectivity index (χ1v) is 7.97. The molecule has 2 aromatic carbocycles. The molecule has 0 unspecified atom stereocenters. The number of fused-ring (bicyclic) bond motifs is 2. The third-order valence-corrected chi connectivity index (χ3v) is 4.64. The standard InChI is InChI=1S/C19H19NO3/c1-22-17-7-3-6-15-11-20(18(21)12-23-19(15)17)16-9-8-13-4-2-5-14(13)10-16/h3,6-10H,2,4-5,11-12H2,1H3. The number of nitrogens with zero attached hydrogens (tertiary/aromatic N) is 1. The van der Waals surface area contributed by atoms with Crippen LogP contribution in [0, 0.1) is 0 Å². The van der Waals surface area contributed by atoms with E-state index in [0.717, 1.165) is 24.1 Å². The van der Waals surface area contributed by atoms with Gasteiger partial charge < -0.3 is 14.4 Å². The van der Waals surface area contributed by atoms with Crippen molar-refractivity contribution < 1.29 is 14.3 Å². The Labute approximate surface area is 135 Å². The summed E-state index contributed by atoms with van der Waals surface area (Å²) in [5.74, 6) is 1.32. The van der Waals surface area contributed by atoms with Crippen molar-refractivity contribution in [2.45, 2.75) is 25.8 Å². The molecule has 23 heavy (non-hydrogen) atoms. The molecule has 1 aliphatic carbocycles. The largest absolute Gasteiger partial charge is 0.493 e. The van der Waals surface area contributed by atoms with Gasteiger partial charge in [-0.05, 0) is 48.6 Å². The zero-order valence-electron chi connectivity index (χ0n) is 13.2. The molecule has 0 radical (unpaired) electrons. The molecule has 2 aromatic rings. The summed E-state index contributed by atoms with van der Waals surface area (Å²) in [6, 6.07) is 12.1. The minimum absolute atomic E-state index is 0.0267. The van der Waals surface area contributed by atoms with Crippen LogP contribution < -0.4 is 14.4 Å². The van der Waals surface area contributed by atoms with E-state index in [0.29, 0.717) is 18.0 Å². The molecule has 4 heteroatoms. The number of rotatable bonds is 2. The topological polar surface area (TPSA) is 38.8 Å². The third-order valence-electron chi connectivity index (χ3n) is 4.64. The second-order valence-corrected chi connectivity index (χ2v) is 6.02. The number of benzene rings is 2. The van der Waals surface area contributed by atoms with Gasteiger partial charge in [0.15, 0.2) is 18.1 Å². The quantitative estimate of drug-likeness (QED) is 0.855. The molecule has 0 saturated carbocycles. The van der Waals surface area contributed by atoms with Gasteiger partial charge in [0.2, 0.25) is 0 Å². The van der Waals surface area contributed by atoms with Crippen LogP contribution in [-0.2, 0) is 24.2 Å². The number of hydrogen-bond donors (Lipinski definition) is 0. The molecule has 4 rings (SSSR count). The van der Waals surface area contributed by atoms with Crippen LogP contribution in [0.15, 0.2) is 36.4 Å². The zero-order chi connectivity index (χ0) is 15.8. The van der Waals surface area contributed by atoms with Crippen LogP contribution in [0.1, 0.15) is 23.1 Å². The fourth-order valence-corrected chi connectivity index (χ4v) is 3.44. The zero-order valence-corrected chi connectivity index (χ0v) is 13.2. The minimum atomic E-state index is -0.0267. The van der Waals surface area contributed by atoms with Crippen molar-refractivity contribution >= 4 is 11.6 Å². The molecule has 0 spiro atoms. The summed E-state index contributed by atoms with van der Waals surface area (Å²) in [6.45, 7) is 0.536. The van der Waals surface area contributed by atoms with Crippen molar-refractivity contribution in [3.63, 3.8) is 0 Å². The van der Waals surface area contributed by atoms with Crippen molar-refractivity contribution in [1.82, 2.24) is 0 Å². The average molecular weight is 309 g/mol. The molecule has 1 heterocycles. The molecule has 0 N–H and O–H groups in total. The second-order valence-electron chi connectivity index (χ2n) is 6.02. The molecule has 1 aliphatic heterocycles. The Morgan fingerprint density at radius 1 is 1.09 bits per heavy atom. The normalized spacial score (nSPS) is 16.4. The van der Waals surface area contributed by atoms with Gasteiger partial charge in [-0.2, -0.15) is 0 Å². The van der Waals surface area contributed by atoms with E-state index in [9.17, 15) is 4.79 Å². The number of hydrogen-bond acceptors (Lipinski definition) is 3. The van der Waals surface area contributed by atoms with Gasteiger partial charge in [-0.3, -0.25) is 4.79 Å². The van der Waals surface area contributed by atoms with Crippen LogP contribution in [0.3, 0.4) is 0 Å². The van der Waals surface area contributed by atoms with Gasteiger partial charge in [0.05, 0.1) is 13.7 Å². The van der Waals surface area contributed by atoms with Gasteiger partial charge in [-0.25, -0.2) is 0 Å². The summed E-state index contributed by atoms with van der Waals surface area (Å²) in [5.41, 5.74) is 4.70. The number of carbonyl (C=O) groups excluding carboxylic acids is 1. The lowest BCUT2D eigenvalue weighted by molar-refractivity contribution is -0.120. The first-order chi connectivity index (χ1) is 11.3. The maximum Gasteiger partial charge on any atom is 0.265 e. The Hall–Kier alpha value is -2.49. The lowest BCUT2D eigenvalue weighted by Gasteiger charge is -2.21. The molecular weight excluding hydrogens is 290 g/mol. The van der Waals surface area contributed by atoms with Crippen molar-refractivity contribution in [3.8, 4) is 11.5 Å². The van der Waals surface area contributed by atoms with E-state index in [1.54, 1.807) is 7.11 Å². The summed E-state index contributed by atoms with van der Waals surface area (Å²) >= 11 is 0. The molecule has 0 bridgehead atoms. The highest BCUT2D eigenvalue weighted by Crippen LogP contribution is 2.35. The minimum Gasteiger partial charge on any atom is -0.493 e. The van der Waals surface area contributed by atoms with Crippen molar-refractivity contribution in [2.75, 3.05) is 18.6 Å². The molecule has 0 fully saturated rings. The van der Waals surface area contributed by atoms with Gasteiger partial charge >= 0.3 is 0 Å². The van der Waals surface area contributed by atoms with Gasteiger partial charge in [0.1, 0.15) is 0 Å². The highest BCUT2D eigenvalue weighted by atomic mass is 16.5. The van der Waals surface area contributed by atoms with Gasteiger partial charge in [0, 0.05) is 11.3 Å². The molecule has 2 aliphatic rings. The Kier molecular flexibility index (Phi) is 3.45. The van der Waals surface area contributed by atoms with E-state index in [-0.39, 0.29) is 12.5 Å². The van der Waals surface area contributed by atoms with Crippen molar-refractivity contribution in [1.29, 1.82) is 0 Å². The van der Waals surface area contributed by atoms with Crippen LogP contribution in [0.4, 0.5) is 5.69 Å². The Balaban J connectivity index is 1.72. The predicted molar refractivity (Wildman–Crippen MR) is 88.1 cm³/mol. The first-order valence-electron chi connectivity index (χ1n) is 7.97. The number of aryl methyl sites for hydroxylation is 2. The maximum atomic E-state index is 12.5. The summed E-state index contributed by atoms with van der Waals surface area (Å²) < 4.78 is 11.1. The Bertz CT molecular complexity index is 769. The molecule has 0 atom stereocenters. The Morgan fingerprint density at radius 2 is 1.96 bits per heavy atom. The van der Waals surface area contributed by atoms with Gasteiger partial charge in [0.25, 0.3) is 5.91 Å². The molecule has 118 valence electrons. The van der Waals surface area contributed by atoms with Crippen LogP contribution in [-0.4, -0.2) is 19.6 Å². The molecule has 0 aromatic heterocycles. The maximum absolute atomic E-state index is 12.5. The smallest absolute Gasteiger partial charge is 0.265 e. The molecule has 4 nitrogen and oxygen atoms in total. The Morgan fingerprint density at radius 3 is 2.83 bits per heavy atom. The summed E-state index contributed by atoms with van der Waals surface area (Å²) in [7, 11) is 1.62. The lowest BCUT2D eigenvalue weighted by Crippen LogP contribution is -2.32. The lowest BCUT2D eigenvalue weighted by atomic mass is 10.1. The second kappa shape index (κ2) is 5.61. The summed E-state index contributed by atoms with van der Waals surface area (Å²) in [5, 5.41) is 0. The summed E-state index contributed by atoms with van der Waals surface area (Å²) in [4.78, 5) is 14.4. The fraction of sp³-hybridized carbons (Fsp3) is 0.316. The first kappa shape index (κ1) is 14.1. The fourth-order valence-electron chi connectivity index (χ4n) is 3.44. The van der Waals surface area contributed by atoms with Crippen molar-refractivity contribution in [2.24, 2.45) is 0 Å². The van der Waals surface area contributed by atoms with Crippen LogP contribution in [0.2, 0.25) is 0 Å². The van der Waals surface area contributed by atoms with E-state index >= 15 is 0 Å². The van der Waals surface area contributed by atoms with Gasteiger partial charge in [-0.1, -0.05) is 18.2 Å². The van der Waals surface area contributed by atoms with E-state index in [2.05, 4.69) is 12.1 Å².